The van der Waals surface area contributed by atoms with E-state index in [1.54, 1.807) is 4.90 Å². The van der Waals surface area contributed by atoms with Crippen molar-refractivity contribution in [3.8, 4) is 11.1 Å². The second kappa shape index (κ2) is 11.9. The van der Waals surface area contributed by atoms with Gasteiger partial charge >= 0.3 is 12.1 Å². The van der Waals surface area contributed by atoms with E-state index in [4.69, 9.17) is 9.47 Å². The highest BCUT2D eigenvalue weighted by Gasteiger charge is 2.31. The van der Waals surface area contributed by atoms with Gasteiger partial charge in [0, 0.05) is 18.4 Å². The molecule has 180 valence electrons. The molecular formula is C29H35NO4. The summed E-state index contributed by atoms with van der Waals surface area (Å²) >= 11 is 0. The summed E-state index contributed by atoms with van der Waals surface area (Å²) in [5, 5.41) is 0. The van der Waals surface area contributed by atoms with E-state index < -0.39 is 0 Å². The number of amides is 1. The summed E-state index contributed by atoms with van der Waals surface area (Å²) < 4.78 is 11.4. The van der Waals surface area contributed by atoms with E-state index in [9.17, 15) is 9.59 Å². The first-order valence-electron chi connectivity index (χ1n) is 12.6. The standard InChI is InChI=1S/C29H35NO4/c1-2-12-22-13-6-4-3-5-7-18-28(31)33-20-19-30(22)29(32)34-21-27-25-16-10-8-14-23(25)24-15-9-11-17-26(24)27/h3-4,8-11,14-17,22,27H,2,5-7,12-13,18-21H2,1H3/b4-3-. The van der Waals surface area contributed by atoms with Crippen LogP contribution in [0.15, 0.2) is 60.7 Å². The predicted molar refractivity (Wildman–Crippen MR) is 134 cm³/mol. The summed E-state index contributed by atoms with van der Waals surface area (Å²) in [4.78, 5) is 27.2. The van der Waals surface area contributed by atoms with Crippen molar-refractivity contribution in [3.63, 3.8) is 0 Å². The lowest BCUT2D eigenvalue weighted by Crippen LogP contribution is -2.43. The molecule has 2 aromatic rings. The van der Waals surface area contributed by atoms with Crippen molar-refractivity contribution in [1.29, 1.82) is 0 Å². The Hall–Kier alpha value is -3.08. The molecule has 1 aliphatic heterocycles. The van der Waals surface area contributed by atoms with Crippen LogP contribution in [0, 0.1) is 0 Å². The number of fused-ring (bicyclic) bond motifs is 3. The molecule has 0 aromatic heterocycles. The number of carbonyl (C=O) groups excluding carboxylic acids is 2. The van der Waals surface area contributed by atoms with Gasteiger partial charge < -0.3 is 14.4 Å². The highest BCUT2D eigenvalue weighted by molar-refractivity contribution is 5.79. The molecule has 4 rings (SSSR count). The Morgan fingerprint density at radius 2 is 1.71 bits per heavy atom. The van der Waals surface area contributed by atoms with Crippen molar-refractivity contribution in [1.82, 2.24) is 4.90 Å². The van der Waals surface area contributed by atoms with Crippen LogP contribution < -0.4 is 0 Å². The van der Waals surface area contributed by atoms with Crippen molar-refractivity contribution >= 4 is 12.1 Å². The Labute approximate surface area is 202 Å². The van der Waals surface area contributed by atoms with Gasteiger partial charge in [0.25, 0.3) is 0 Å². The minimum absolute atomic E-state index is 0.0256. The van der Waals surface area contributed by atoms with Crippen molar-refractivity contribution in [2.45, 2.75) is 63.8 Å². The minimum atomic E-state index is -0.324. The van der Waals surface area contributed by atoms with Crippen LogP contribution in [-0.2, 0) is 14.3 Å². The van der Waals surface area contributed by atoms with Gasteiger partial charge in [-0.2, -0.15) is 0 Å². The lowest BCUT2D eigenvalue weighted by molar-refractivity contribution is -0.144. The van der Waals surface area contributed by atoms with E-state index >= 15 is 0 Å². The second-order valence-electron chi connectivity index (χ2n) is 9.10. The Balaban J connectivity index is 1.49. The largest absolute Gasteiger partial charge is 0.464 e. The van der Waals surface area contributed by atoms with E-state index in [0.29, 0.717) is 19.6 Å². The zero-order valence-corrected chi connectivity index (χ0v) is 20.1. The molecule has 34 heavy (non-hydrogen) atoms. The van der Waals surface area contributed by atoms with Crippen LogP contribution in [0.2, 0.25) is 0 Å². The summed E-state index contributed by atoms with van der Waals surface area (Å²) in [6.45, 7) is 2.99. The normalized spacial score (nSPS) is 20.2. The first-order valence-corrected chi connectivity index (χ1v) is 12.6. The number of hydrogen-bond donors (Lipinski definition) is 0. The third kappa shape index (κ3) is 5.69. The summed E-state index contributed by atoms with van der Waals surface area (Å²) in [7, 11) is 0. The monoisotopic (exact) mass is 461 g/mol. The number of carbonyl (C=O) groups is 2. The molecule has 5 heteroatoms. The smallest absolute Gasteiger partial charge is 0.410 e. The number of rotatable bonds is 4. The maximum absolute atomic E-state index is 13.4. The molecule has 1 atom stereocenters. The van der Waals surface area contributed by atoms with Crippen molar-refractivity contribution in [3.05, 3.63) is 71.8 Å². The van der Waals surface area contributed by atoms with Crippen LogP contribution in [0.1, 0.15) is 68.9 Å². The number of esters is 1. The Bertz CT molecular complexity index is 969. The lowest BCUT2D eigenvalue weighted by Gasteiger charge is -2.31. The molecule has 5 nitrogen and oxygen atoms in total. The number of ether oxygens (including phenoxy) is 2. The molecule has 0 bridgehead atoms. The van der Waals surface area contributed by atoms with E-state index in [1.807, 2.05) is 24.3 Å². The Kier molecular flexibility index (Phi) is 8.40. The quantitative estimate of drug-likeness (QED) is 0.387. The maximum Gasteiger partial charge on any atom is 0.410 e. The number of cyclic esters (lactones) is 1. The molecule has 2 aromatic carbocycles. The number of nitrogens with zero attached hydrogens (tertiary/aromatic N) is 1. The third-order valence-electron chi connectivity index (χ3n) is 6.81. The van der Waals surface area contributed by atoms with Gasteiger partial charge in [-0.25, -0.2) is 4.79 Å². The van der Waals surface area contributed by atoms with Crippen molar-refractivity contribution in [2.75, 3.05) is 19.8 Å². The fraction of sp³-hybridized carbons (Fsp3) is 0.448. The van der Waals surface area contributed by atoms with Crippen LogP contribution in [0.4, 0.5) is 4.79 Å². The van der Waals surface area contributed by atoms with Gasteiger partial charge in [0.15, 0.2) is 0 Å². The summed E-state index contributed by atoms with van der Waals surface area (Å²) in [6.07, 6.45) is 9.71. The number of hydrogen-bond acceptors (Lipinski definition) is 4. The van der Waals surface area contributed by atoms with E-state index in [1.165, 1.54) is 22.3 Å². The SMILES string of the molecule is CCCC1CC/C=C\CCCC(=O)OCCN1C(=O)OCC1c2ccccc2-c2ccccc21. The number of allylic oxidation sites excluding steroid dienone is 2. The fourth-order valence-electron chi connectivity index (χ4n) is 5.11. The van der Waals surface area contributed by atoms with Crippen molar-refractivity contribution < 1.29 is 19.1 Å². The molecule has 0 N–H and O–H groups in total. The first kappa shape index (κ1) is 24.1. The molecule has 1 unspecified atom stereocenters. The summed E-state index contributed by atoms with van der Waals surface area (Å²) in [6, 6.07) is 16.8. The van der Waals surface area contributed by atoms with Gasteiger partial charge in [0.1, 0.15) is 13.2 Å². The molecular weight excluding hydrogens is 426 g/mol. The van der Waals surface area contributed by atoms with Gasteiger partial charge in [-0.05, 0) is 54.4 Å². The number of benzene rings is 2. The molecule has 1 aliphatic carbocycles. The molecule has 0 fully saturated rings. The van der Waals surface area contributed by atoms with Gasteiger partial charge in [0.05, 0.1) is 6.54 Å². The molecule has 1 heterocycles. The molecule has 2 aliphatic rings. The van der Waals surface area contributed by atoms with E-state index in [2.05, 4.69) is 43.3 Å². The zero-order chi connectivity index (χ0) is 23.8. The highest BCUT2D eigenvalue weighted by Crippen LogP contribution is 2.44. The average Bonchev–Trinajstić information content (AvgIpc) is 3.18. The van der Waals surface area contributed by atoms with Gasteiger partial charge in [-0.15, -0.1) is 0 Å². The molecule has 1 amide bonds. The van der Waals surface area contributed by atoms with E-state index in [0.717, 1.165) is 38.5 Å². The third-order valence-corrected chi connectivity index (χ3v) is 6.81. The van der Waals surface area contributed by atoms with Gasteiger partial charge in [0.2, 0.25) is 0 Å². The van der Waals surface area contributed by atoms with E-state index in [-0.39, 0.29) is 30.6 Å². The van der Waals surface area contributed by atoms with Crippen LogP contribution in [-0.4, -0.2) is 42.8 Å². The topological polar surface area (TPSA) is 55.8 Å². The van der Waals surface area contributed by atoms with Crippen molar-refractivity contribution in [2.24, 2.45) is 0 Å². The Morgan fingerprint density at radius 1 is 1.03 bits per heavy atom. The van der Waals surface area contributed by atoms with Gasteiger partial charge in [-0.1, -0.05) is 74.0 Å². The van der Waals surface area contributed by atoms with Crippen LogP contribution in [0.5, 0.6) is 0 Å². The average molecular weight is 462 g/mol. The van der Waals surface area contributed by atoms with Crippen LogP contribution >= 0.6 is 0 Å². The summed E-state index contributed by atoms with van der Waals surface area (Å²) in [5.74, 6) is -0.176. The first-order chi connectivity index (χ1) is 16.7. The van der Waals surface area contributed by atoms with Crippen LogP contribution in [0.25, 0.3) is 11.1 Å². The lowest BCUT2D eigenvalue weighted by atomic mass is 9.98. The predicted octanol–water partition coefficient (Wildman–Crippen LogP) is 6.47. The molecule has 0 saturated carbocycles. The molecule has 0 spiro atoms. The highest BCUT2D eigenvalue weighted by atomic mass is 16.6. The maximum atomic E-state index is 13.4. The minimum Gasteiger partial charge on any atom is -0.464 e. The van der Waals surface area contributed by atoms with Gasteiger partial charge in [-0.3, -0.25) is 4.79 Å². The molecule has 0 radical (unpaired) electrons. The Morgan fingerprint density at radius 3 is 2.41 bits per heavy atom. The molecule has 0 saturated heterocycles. The second-order valence-corrected chi connectivity index (χ2v) is 9.10. The zero-order valence-electron chi connectivity index (χ0n) is 20.1. The summed E-state index contributed by atoms with van der Waals surface area (Å²) in [5.41, 5.74) is 4.82. The van der Waals surface area contributed by atoms with Crippen LogP contribution in [0.3, 0.4) is 0 Å². The fourth-order valence-corrected chi connectivity index (χ4v) is 5.11.